The van der Waals surface area contributed by atoms with Gasteiger partial charge in [-0.05, 0) is 38.0 Å². The third kappa shape index (κ3) is 2.59. The van der Waals surface area contributed by atoms with Gasteiger partial charge in [-0.1, -0.05) is 0 Å². The Labute approximate surface area is 100 Å². The van der Waals surface area contributed by atoms with E-state index in [1.165, 1.54) is 19.4 Å². The lowest BCUT2D eigenvalue weighted by Gasteiger charge is -2.36. The second kappa shape index (κ2) is 4.93. The Hall–Kier alpha value is -0.940. The lowest BCUT2D eigenvalue weighted by molar-refractivity contribution is 0.247. The molecule has 0 aliphatic carbocycles. The molecule has 1 saturated heterocycles. The molecule has 1 aromatic heterocycles. The summed E-state index contributed by atoms with van der Waals surface area (Å²) in [5, 5.41) is 7.67. The number of anilines is 1. The highest BCUT2D eigenvalue weighted by molar-refractivity contribution is 6.28. The van der Waals surface area contributed by atoms with Crippen molar-refractivity contribution in [3.8, 4) is 0 Å². The number of halogens is 1. The van der Waals surface area contributed by atoms with Crippen LogP contribution in [0, 0.1) is 0 Å². The van der Waals surface area contributed by atoms with E-state index in [-0.39, 0.29) is 5.28 Å². The molecule has 2 heterocycles. The Morgan fingerprint density at radius 1 is 1.56 bits per heavy atom. The summed E-state index contributed by atoms with van der Waals surface area (Å²) in [7, 11) is 4.18. The molecule has 1 fully saturated rings. The summed E-state index contributed by atoms with van der Waals surface area (Å²) in [5.74, 6) is 0.792. The van der Waals surface area contributed by atoms with Gasteiger partial charge >= 0.3 is 0 Å². The van der Waals surface area contributed by atoms with Crippen LogP contribution in [0.5, 0.6) is 0 Å². The van der Waals surface area contributed by atoms with Gasteiger partial charge in [-0.3, -0.25) is 0 Å². The van der Waals surface area contributed by atoms with Crippen LogP contribution in [0.1, 0.15) is 12.8 Å². The molecule has 0 aromatic carbocycles. The first-order valence-electron chi connectivity index (χ1n) is 5.43. The zero-order valence-corrected chi connectivity index (χ0v) is 10.4. The molecule has 1 unspecified atom stereocenters. The van der Waals surface area contributed by atoms with Crippen molar-refractivity contribution >= 4 is 17.4 Å². The SMILES string of the molecule is CN1CCCC(N(C)c2cnnc(Cl)n2)C1. The van der Waals surface area contributed by atoms with E-state index in [9.17, 15) is 0 Å². The van der Waals surface area contributed by atoms with Gasteiger partial charge in [0, 0.05) is 19.6 Å². The molecule has 0 radical (unpaired) electrons. The lowest BCUT2D eigenvalue weighted by Crippen LogP contribution is -2.45. The fourth-order valence-corrected chi connectivity index (χ4v) is 2.22. The molecule has 0 N–H and O–H groups in total. The number of likely N-dealkylation sites (tertiary alicyclic amines) is 1. The smallest absolute Gasteiger partial charge is 0.244 e. The fourth-order valence-electron chi connectivity index (χ4n) is 2.09. The van der Waals surface area contributed by atoms with Crippen LogP contribution in [0.25, 0.3) is 0 Å². The summed E-state index contributed by atoms with van der Waals surface area (Å²) in [6.45, 7) is 2.23. The van der Waals surface area contributed by atoms with E-state index in [2.05, 4.69) is 32.0 Å². The highest BCUT2D eigenvalue weighted by Crippen LogP contribution is 2.18. The minimum absolute atomic E-state index is 0.202. The van der Waals surface area contributed by atoms with Crippen molar-refractivity contribution in [1.29, 1.82) is 0 Å². The summed E-state index contributed by atoms with van der Waals surface area (Å²) < 4.78 is 0. The summed E-state index contributed by atoms with van der Waals surface area (Å²) >= 11 is 5.73. The van der Waals surface area contributed by atoms with Crippen LogP contribution in [-0.4, -0.2) is 53.3 Å². The maximum atomic E-state index is 5.73. The third-order valence-corrected chi connectivity index (χ3v) is 3.19. The predicted molar refractivity (Wildman–Crippen MR) is 63.8 cm³/mol. The highest BCUT2D eigenvalue weighted by Gasteiger charge is 2.22. The lowest BCUT2D eigenvalue weighted by atomic mass is 10.1. The number of nitrogens with zero attached hydrogens (tertiary/aromatic N) is 5. The van der Waals surface area contributed by atoms with Crippen LogP contribution in [0.3, 0.4) is 0 Å². The molecule has 0 bridgehead atoms. The van der Waals surface area contributed by atoms with Crippen molar-refractivity contribution < 1.29 is 0 Å². The standard InChI is InChI=1S/C10H16ClN5/c1-15-5-3-4-8(7-15)16(2)9-6-12-14-10(11)13-9/h6,8H,3-5,7H2,1-2H3. The number of rotatable bonds is 2. The van der Waals surface area contributed by atoms with Gasteiger partial charge in [-0.25, -0.2) is 0 Å². The van der Waals surface area contributed by atoms with Crippen LogP contribution in [0.4, 0.5) is 5.82 Å². The van der Waals surface area contributed by atoms with Crippen LogP contribution in [0.15, 0.2) is 6.20 Å². The van der Waals surface area contributed by atoms with Crippen LogP contribution < -0.4 is 4.90 Å². The molecule has 0 spiro atoms. The van der Waals surface area contributed by atoms with Gasteiger partial charge in [0.25, 0.3) is 0 Å². The number of likely N-dealkylation sites (N-methyl/N-ethyl adjacent to an activating group) is 2. The summed E-state index contributed by atoms with van der Waals surface area (Å²) in [6, 6.07) is 0.478. The average molecular weight is 242 g/mol. The van der Waals surface area contributed by atoms with Gasteiger partial charge in [0.2, 0.25) is 5.28 Å². The molecule has 1 aromatic rings. The molecule has 0 amide bonds. The van der Waals surface area contributed by atoms with E-state index < -0.39 is 0 Å². The van der Waals surface area contributed by atoms with E-state index >= 15 is 0 Å². The number of aromatic nitrogens is 3. The maximum Gasteiger partial charge on any atom is 0.244 e. The van der Waals surface area contributed by atoms with Crippen molar-refractivity contribution in [3.05, 3.63) is 11.5 Å². The number of hydrogen-bond acceptors (Lipinski definition) is 5. The van der Waals surface area contributed by atoms with Gasteiger partial charge in [0.15, 0.2) is 5.82 Å². The van der Waals surface area contributed by atoms with E-state index in [1.807, 2.05) is 7.05 Å². The normalized spacial score (nSPS) is 22.1. The molecule has 1 aliphatic rings. The molecule has 0 saturated carbocycles. The van der Waals surface area contributed by atoms with Crippen molar-refractivity contribution in [2.24, 2.45) is 0 Å². The van der Waals surface area contributed by atoms with E-state index in [1.54, 1.807) is 6.20 Å². The zero-order valence-electron chi connectivity index (χ0n) is 9.60. The molecule has 1 atom stereocenters. The second-order valence-corrected chi connectivity index (χ2v) is 4.59. The first-order chi connectivity index (χ1) is 7.66. The Bertz CT molecular complexity index is 359. The molecule has 6 heteroatoms. The van der Waals surface area contributed by atoms with Gasteiger partial charge in [-0.15, -0.1) is 5.10 Å². The van der Waals surface area contributed by atoms with E-state index in [0.717, 1.165) is 12.4 Å². The number of piperidine rings is 1. The highest BCUT2D eigenvalue weighted by atomic mass is 35.5. The summed E-state index contributed by atoms with van der Waals surface area (Å²) in [4.78, 5) is 8.64. The Morgan fingerprint density at radius 2 is 2.38 bits per heavy atom. The first-order valence-corrected chi connectivity index (χ1v) is 5.81. The second-order valence-electron chi connectivity index (χ2n) is 4.25. The van der Waals surface area contributed by atoms with Crippen molar-refractivity contribution in [1.82, 2.24) is 20.1 Å². The van der Waals surface area contributed by atoms with E-state index in [0.29, 0.717) is 6.04 Å². The van der Waals surface area contributed by atoms with Crippen LogP contribution in [0.2, 0.25) is 5.28 Å². The van der Waals surface area contributed by atoms with Gasteiger partial charge in [0.05, 0.1) is 6.20 Å². The topological polar surface area (TPSA) is 45.2 Å². The molecule has 2 rings (SSSR count). The Kier molecular flexibility index (Phi) is 3.56. The molecule has 1 aliphatic heterocycles. The minimum atomic E-state index is 0.202. The van der Waals surface area contributed by atoms with Gasteiger partial charge < -0.3 is 9.80 Å². The average Bonchev–Trinajstić information content (AvgIpc) is 2.28. The van der Waals surface area contributed by atoms with Crippen LogP contribution >= 0.6 is 11.6 Å². The third-order valence-electron chi connectivity index (χ3n) is 3.03. The summed E-state index contributed by atoms with van der Waals surface area (Å²) in [5.41, 5.74) is 0. The first kappa shape index (κ1) is 11.5. The maximum absolute atomic E-state index is 5.73. The molecule has 88 valence electrons. The molecule has 5 nitrogen and oxygen atoms in total. The van der Waals surface area contributed by atoms with Crippen molar-refractivity contribution in [3.63, 3.8) is 0 Å². The van der Waals surface area contributed by atoms with Gasteiger partial charge in [-0.2, -0.15) is 10.1 Å². The van der Waals surface area contributed by atoms with Crippen LogP contribution in [-0.2, 0) is 0 Å². The minimum Gasteiger partial charge on any atom is -0.354 e. The molecular weight excluding hydrogens is 226 g/mol. The Balaban J connectivity index is 2.09. The Morgan fingerprint density at radius 3 is 3.06 bits per heavy atom. The van der Waals surface area contributed by atoms with Crippen molar-refractivity contribution in [2.45, 2.75) is 18.9 Å². The van der Waals surface area contributed by atoms with Gasteiger partial charge in [0.1, 0.15) is 0 Å². The number of hydrogen-bond donors (Lipinski definition) is 0. The van der Waals surface area contributed by atoms with Crippen molar-refractivity contribution in [2.75, 3.05) is 32.1 Å². The quantitative estimate of drug-likeness (QED) is 0.775. The zero-order chi connectivity index (χ0) is 11.5. The summed E-state index contributed by atoms with van der Waals surface area (Å²) in [6.07, 6.45) is 4.06. The van der Waals surface area contributed by atoms with E-state index in [4.69, 9.17) is 11.6 Å². The monoisotopic (exact) mass is 241 g/mol. The predicted octanol–water partition coefficient (Wildman–Crippen LogP) is 1.06. The molecular formula is C10H16ClN5. The fraction of sp³-hybridized carbons (Fsp3) is 0.700. The molecule has 16 heavy (non-hydrogen) atoms. The largest absolute Gasteiger partial charge is 0.354 e.